The van der Waals surface area contributed by atoms with E-state index in [1.165, 1.54) is 0 Å². The zero-order chi connectivity index (χ0) is 11.8. The summed E-state index contributed by atoms with van der Waals surface area (Å²) in [4.78, 5) is 2.32. The van der Waals surface area contributed by atoms with Crippen LogP contribution < -0.4 is 5.32 Å². The molecule has 0 aliphatic carbocycles. The van der Waals surface area contributed by atoms with Gasteiger partial charge in [0.2, 0.25) is 0 Å². The molecular formula is C12H28N2O. The summed E-state index contributed by atoms with van der Waals surface area (Å²) in [7, 11) is 4.18. The molecule has 1 atom stereocenters. The highest BCUT2D eigenvalue weighted by Gasteiger charge is 2.12. The first-order chi connectivity index (χ1) is 6.97. The minimum Gasteiger partial charge on any atom is -0.377 e. The van der Waals surface area contributed by atoms with Crippen molar-refractivity contribution in [2.45, 2.75) is 39.8 Å². The van der Waals surface area contributed by atoms with Crippen LogP contribution in [-0.2, 0) is 4.74 Å². The Hall–Kier alpha value is -0.120. The number of hydrogen-bond acceptors (Lipinski definition) is 3. The first-order valence-corrected chi connectivity index (χ1v) is 5.94. The molecule has 0 rings (SSSR count). The van der Waals surface area contributed by atoms with Gasteiger partial charge >= 0.3 is 0 Å². The lowest BCUT2D eigenvalue weighted by molar-refractivity contribution is 0.0614. The number of hydrogen-bond donors (Lipinski definition) is 1. The maximum atomic E-state index is 5.53. The summed E-state index contributed by atoms with van der Waals surface area (Å²) in [6, 6.07) is 0.564. The SMILES string of the molecule is CNC(CN(C)CCOC(C)C)C(C)C. The highest BCUT2D eigenvalue weighted by Crippen LogP contribution is 2.02. The normalized spacial score (nSPS) is 14.2. The zero-order valence-electron chi connectivity index (χ0n) is 11.2. The molecule has 3 heteroatoms. The molecule has 0 aromatic carbocycles. The van der Waals surface area contributed by atoms with Gasteiger partial charge in [0.25, 0.3) is 0 Å². The molecule has 15 heavy (non-hydrogen) atoms. The van der Waals surface area contributed by atoms with Crippen LogP contribution >= 0.6 is 0 Å². The average molecular weight is 216 g/mol. The second-order valence-corrected chi connectivity index (χ2v) is 4.82. The van der Waals surface area contributed by atoms with E-state index < -0.39 is 0 Å². The van der Waals surface area contributed by atoms with E-state index in [4.69, 9.17) is 4.74 Å². The molecule has 0 amide bonds. The highest BCUT2D eigenvalue weighted by molar-refractivity contribution is 4.71. The smallest absolute Gasteiger partial charge is 0.0596 e. The third-order valence-corrected chi connectivity index (χ3v) is 2.61. The quantitative estimate of drug-likeness (QED) is 0.667. The number of nitrogens with zero attached hydrogens (tertiary/aromatic N) is 1. The van der Waals surface area contributed by atoms with Crippen LogP contribution in [-0.4, -0.2) is 50.8 Å². The van der Waals surface area contributed by atoms with Gasteiger partial charge < -0.3 is 15.0 Å². The van der Waals surface area contributed by atoms with Crippen molar-refractivity contribution < 1.29 is 4.74 Å². The molecule has 92 valence electrons. The molecule has 0 aromatic rings. The van der Waals surface area contributed by atoms with E-state index >= 15 is 0 Å². The minimum atomic E-state index is 0.337. The molecule has 0 aliphatic heterocycles. The van der Waals surface area contributed by atoms with E-state index in [2.05, 4.69) is 45.0 Å². The van der Waals surface area contributed by atoms with E-state index in [1.54, 1.807) is 0 Å². The van der Waals surface area contributed by atoms with Gasteiger partial charge in [-0.15, -0.1) is 0 Å². The van der Waals surface area contributed by atoms with Gasteiger partial charge in [0.05, 0.1) is 12.7 Å². The van der Waals surface area contributed by atoms with Crippen LogP contribution in [0.3, 0.4) is 0 Å². The number of nitrogens with one attached hydrogen (secondary N) is 1. The van der Waals surface area contributed by atoms with Crippen molar-refractivity contribution in [3.63, 3.8) is 0 Å². The van der Waals surface area contributed by atoms with Crippen molar-refractivity contribution in [3.8, 4) is 0 Å². The Balaban J connectivity index is 3.66. The Morgan fingerprint density at radius 2 is 1.80 bits per heavy atom. The van der Waals surface area contributed by atoms with Crippen molar-refractivity contribution >= 4 is 0 Å². The second kappa shape index (κ2) is 8.08. The van der Waals surface area contributed by atoms with E-state index in [0.29, 0.717) is 18.1 Å². The monoisotopic (exact) mass is 216 g/mol. The van der Waals surface area contributed by atoms with Crippen molar-refractivity contribution in [2.75, 3.05) is 33.8 Å². The van der Waals surface area contributed by atoms with Gasteiger partial charge in [-0.1, -0.05) is 13.8 Å². The fourth-order valence-electron chi connectivity index (χ4n) is 1.51. The minimum absolute atomic E-state index is 0.337. The van der Waals surface area contributed by atoms with Crippen molar-refractivity contribution in [1.82, 2.24) is 10.2 Å². The molecule has 3 nitrogen and oxygen atoms in total. The fourth-order valence-corrected chi connectivity index (χ4v) is 1.51. The van der Waals surface area contributed by atoms with Crippen LogP contribution in [0.5, 0.6) is 0 Å². The molecule has 0 aliphatic rings. The molecule has 1 unspecified atom stereocenters. The molecule has 0 heterocycles. The van der Waals surface area contributed by atoms with Crippen LogP contribution in [0.4, 0.5) is 0 Å². The third kappa shape index (κ3) is 7.77. The molecule has 0 saturated carbocycles. The first kappa shape index (κ1) is 14.9. The Morgan fingerprint density at radius 1 is 1.20 bits per heavy atom. The van der Waals surface area contributed by atoms with Crippen molar-refractivity contribution in [2.24, 2.45) is 5.92 Å². The zero-order valence-corrected chi connectivity index (χ0v) is 11.2. The summed E-state index contributed by atoms with van der Waals surface area (Å²) < 4.78 is 5.53. The first-order valence-electron chi connectivity index (χ1n) is 5.94. The lowest BCUT2D eigenvalue weighted by Crippen LogP contribution is -2.42. The van der Waals surface area contributed by atoms with Gasteiger partial charge in [0.15, 0.2) is 0 Å². The van der Waals surface area contributed by atoms with Gasteiger partial charge in [-0.2, -0.15) is 0 Å². The molecule has 1 N–H and O–H groups in total. The third-order valence-electron chi connectivity index (χ3n) is 2.61. The van der Waals surface area contributed by atoms with Crippen LogP contribution in [0, 0.1) is 5.92 Å². The van der Waals surface area contributed by atoms with Crippen LogP contribution in [0.1, 0.15) is 27.7 Å². The predicted molar refractivity (Wildman–Crippen MR) is 66.3 cm³/mol. The van der Waals surface area contributed by atoms with Gasteiger partial charge in [-0.25, -0.2) is 0 Å². The summed E-state index contributed by atoms with van der Waals surface area (Å²) in [6.07, 6.45) is 0.337. The van der Waals surface area contributed by atoms with E-state index in [-0.39, 0.29) is 0 Å². The standard InChI is InChI=1S/C12H28N2O/c1-10(2)12(13-5)9-14(6)7-8-15-11(3)4/h10-13H,7-9H2,1-6H3. The largest absolute Gasteiger partial charge is 0.377 e. The van der Waals surface area contributed by atoms with E-state index in [9.17, 15) is 0 Å². The Bertz CT molecular complexity index is 149. The molecule has 0 bridgehead atoms. The van der Waals surface area contributed by atoms with Crippen molar-refractivity contribution in [3.05, 3.63) is 0 Å². The molecule has 0 radical (unpaired) electrons. The molecule has 0 saturated heterocycles. The van der Waals surface area contributed by atoms with E-state index in [1.807, 2.05) is 7.05 Å². The molecule has 0 spiro atoms. The van der Waals surface area contributed by atoms with Crippen LogP contribution in [0.15, 0.2) is 0 Å². The van der Waals surface area contributed by atoms with Crippen molar-refractivity contribution in [1.29, 1.82) is 0 Å². The van der Waals surface area contributed by atoms with Crippen LogP contribution in [0.2, 0.25) is 0 Å². The predicted octanol–water partition coefficient (Wildman–Crippen LogP) is 1.59. The Kier molecular flexibility index (Phi) is 8.02. The Morgan fingerprint density at radius 3 is 2.20 bits per heavy atom. The number of rotatable bonds is 8. The number of likely N-dealkylation sites (N-methyl/N-ethyl adjacent to an activating group) is 2. The fraction of sp³-hybridized carbons (Fsp3) is 1.00. The molecule has 0 aromatic heterocycles. The van der Waals surface area contributed by atoms with E-state index in [0.717, 1.165) is 19.7 Å². The summed E-state index contributed by atoms with van der Waals surface area (Å²) in [5.74, 6) is 0.670. The summed E-state index contributed by atoms with van der Waals surface area (Å²) >= 11 is 0. The lowest BCUT2D eigenvalue weighted by atomic mass is 10.0. The molecular weight excluding hydrogens is 188 g/mol. The van der Waals surface area contributed by atoms with Gasteiger partial charge in [0.1, 0.15) is 0 Å². The molecule has 0 fully saturated rings. The maximum Gasteiger partial charge on any atom is 0.0596 e. The summed E-state index contributed by atoms with van der Waals surface area (Å²) in [5, 5.41) is 3.35. The average Bonchev–Trinajstić information content (AvgIpc) is 2.13. The van der Waals surface area contributed by atoms with Gasteiger partial charge in [-0.3, -0.25) is 0 Å². The second-order valence-electron chi connectivity index (χ2n) is 4.82. The van der Waals surface area contributed by atoms with Gasteiger partial charge in [0, 0.05) is 19.1 Å². The Labute approximate surface area is 95.2 Å². The van der Waals surface area contributed by atoms with Gasteiger partial charge in [-0.05, 0) is 33.9 Å². The number of ether oxygens (including phenoxy) is 1. The lowest BCUT2D eigenvalue weighted by Gasteiger charge is -2.26. The highest BCUT2D eigenvalue weighted by atomic mass is 16.5. The summed E-state index contributed by atoms with van der Waals surface area (Å²) in [5.41, 5.74) is 0. The van der Waals surface area contributed by atoms with Crippen LogP contribution in [0.25, 0.3) is 0 Å². The topological polar surface area (TPSA) is 24.5 Å². The maximum absolute atomic E-state index is 5.53. The summed E-state index contributed by atoms with van der Waals surface area (Å²) in [6.45, 7) is 11.6.